The largest absolute Gasteiger partial charge is 0.491 e. The Labute approximate surface area is 109 Å². The first-order valence-corrected chi connectivity index (χ1v) is 5.85. The van der Waals surface area contributed by atoms with E-state index in [0.29, 0.717) is 16.8 Å². The molecular weight excluding hydrogens is 288 g/mol. The Hall–Kier alpha value is -1.07. The van der Waals surface area contributed by atoms with E-state index in [1.807, 2.05) is 13.8 Å². The van der Waals surface area contributed by atoms with Gasteiger partial charge in [-0.05, 0) is 32.0 Å². The van der Waals surface area contributed by atoms with Crippen molar-refractivity contribution >= 4 is 21.9 Å². The van der Waals surface area contributed by atoms with E-state index in [1.165, 1.54) is 12.1 Å². The van der Waals surface area contributed by atoms with Crippen molar-refractivity contribution in [3.8, 4) is 5.75 Å². The Bertz CT molecular complexity index is 415. The van der Waals surface area contributed by atoms with Crippen LogP contribution in [0, 0.1) is 0 Å². The molecule has 1 aromatic carbocycles. The fourth-order valence-electron chi connectivity index (χ4n) is 1.09. The maximum atomic E-state index is 10.9. The number of carbonyl (C=O) groups is 1. The van der Waals surface area contributed by atoms with Crippen molar-refractivity contribution in [2.24, 2.45) is 0 Å². The molecule has 0 radical (unpaired) electrons. The van der Waals surface area contributed by atoms with Gasteiger partial charge in [0, 0.05) is 11.6 Å². The van der Waals surface area contributed by atoms with Gasteiger partial charge in [0.1, 0.15) is 12.4 Å². The van der Waals surface area contributed by atoms with Gasteiger partial charge in [-0.2, -0.15) is 0 Å². The number of rotatable bonds is 5. The third-order valence-corrected chi connectivity index (χ3v) is 2.72. The minimum Gasteiger partial charge on any atom is -0.491 e. The van der Waals surface area contributed by atoms with E-state index in [4.69, 9.17) is 14.6 Å². The number of methoxy groups -OCH3 is 1. The van der Waals surface area contributed by atoms with E-state index >= 15 is 0 Å². The summed E-state index contributed by atoms with van der Waals surface area (Å²) in [4.78, 5) is 10.9. The van der Waals surface area contributed by atoms with Gasteiger partial charge < -0.3 is 14.6 Å². The van der Waals surface area contributed by atoms with E-state index in [-0.39, 0.29) is 5.56 Å². The lowest BCUT2D eigenvalue weighted by Crippen LogP contribution is -2.30. The number of aromatic carboxylic acids is 1. The van der Waals surface area contributed by atoms with Crippen LogP contribution in [0.1, 0.15) is 24.2 Å². The summed E-state index contributed by atoms with van der Waals surface area (Å²) in [6.45, 7) is 4.13. The smallest absolute Gasteiger partial charge is 0.335 e. The van der Waals surface area contributed by atoms with Crippen LogP contribution in [0.3, 0.4) is 0 Å². The normalized spacial score (nSPS) is 11.3. The summed E-state index contributed by atoms with van der Waals surface area (Å²) in [5.41, 5.74) is -0.226. The van der Waals surface area contributed by atoms with Gasteiger partial charge in [-0.15, -0.1) is 0 Å². The van der Waals surface area contributed by atoms with Crippen LogP contribution < -0.4 is 4.74 Å². The molecule has 0 saturated heterocycles. The van der Waals surface area contributed by atoms with Gasteiger partial charge in [-0.25, -0.2) is 4.79 Å². The summed E-state index contributed by atoms with van der Waals surface area (Å²) in [5.74, 6) is -0.482. The minimum atomic E-state index is -0.984. The topological polar surface area (TPSA) is 55.8 Å². The average Bonchev–Trinajstić information content (AvgIpc) is 2.26. The maximum absolute atomic E-state index is 10.9. The second-order valence-electron chi connectivity index (χ2n) is 4.23. The number of hydrogen-bond donors (Lipinski definition) is 1. The van der Waals surface area contributed by atoms with Crippen LogP contribution >= 0.6 is 15.9 Å². The molecule has 0 saturated carbocycles. The summed E-state index contributed by atoms with van der Waals surface area (Å²) >= 11 is 3.24. The molecule has 0 bridgehead atoms. The van der Waals surface area contributed by atoms with Gasteiger partial charge in [0.15, 0.2) is 0 Å². The van der Waals surface area contributed by atoms with Crippen molar-refractivity contribution in [3.63, 3.8) is 0 Å². The Morgan fingerprint density at radius 1 is 1.41 bits per heavy atom. The molecule has 0 aliphatic rings. The first-order chi connectivity index (χ1) is 7.84. The fourth-order valence-corrected chi connectivity index (χ4v) is 1.56. The summed E-state index contributed by atoms with van der Waals surface area (Å²) in [5, 5.41) is 8.91. The minimum absolute atomic E-state index is 0.185. The third-order valence-electron chi connectivity index (χ3n) is 2.26. The first kappa shape index (κ1) is 14.0. The monoisotopic (exact) mass is 302 g/mol. The van der Waals surface area contributed by atoms with Crippen LogP contribution in [-0.4, -0.2) is 30.4 Å². The summed E-state index contributed by atoms with van der Waals surface area (Å²) in [6.07, 6.45) is 0. The standard InChI is InChI=1S/C12H15BrO4/c1-12(2,16-3)7-17-10-5-8(11(14)15)4-9(13)6-10/h4-6H,7H2,1-3H3,(H,14,15). The Morgan fingerprint density at radius 2 is 2.06 bits per heavy atom. The van der Waals surface area contributed by atoms with Crippen LogP contribution in [0.2, 0.25) is 0 Å². The van der Waals surface area contributed by atoms with Gasteiger partial charge in [-0.3, -0.25) is 0 Å². The zero-order valence-corrected chi connectivity index (χ0v) is 11.6. The number of benzene rings is 1. The average molecular weight is 303 g/mol. The number of ether oxygens (including phenoxy) is 2. The quantitative estimate of drug-likeness (QED) is 0.908. The zero-order valence-electron chi connectivity index (χ0n) is 9.99. The molecule has 0 aromatic heterocycles. The molecule has 0 amide bonds. The lowest BCUT2D eigenvalue weighted by molar-refractivity contribution is -0.0146. The van der Waals surface area contributed by atoms with E-state index in [0.717, 1.165) is 0 Å². The molecule has 1 aromatic rings. The molecular formula is C12H15BrO4. The highest BCUT2D eigenvalue weighted by Crippen LogP contribution is 2.22. The molecule has 0 atom stereocenters. The van der Waals surface area contributed by atoms with Gasteiger partial charge >= 0.3 is 5.97 Å². The Morgan fingerprint density at radius 3 is 2.59 bits per heavy atom. The van der Waals surface area contributed by atoms with Crippen molar-refractivity contribution in [1.29, 1.82) is 0 Å². The summed E-state index contributed by atoms with van der Waals surface area (Å²) in [7, 11) is 1.60. The summed E-state index contributed by atoms with van der Waals surface area (Å²) < 4.78 is 11.4. The fraction of sp³-hybridized carbons (Fsp3) is 0.417. The molecule has 0 fully saturated rings. The van der Waals surface area contributed by atoms with Crippen molar-refractivity contribution < 1.29 is 19.4 Å². The number of halogens is 1. The van der Waals surface area contributed by atoms with Crippen LogP contribution in [0.4, 0.5) is 0 Å². The maximum Gasteiger partial charge on any atom is 0.335 e. The molecule has 5 heteroatoms. The predicted molar refractivity (Wildman–Crippen MR) is 67.7 cm³/mol. The second-order valence-corrected chi connectivity index (χ2v) is 5.15. The van der Waals surface area contributed by atoms with Crippen LogP contribution in [0.5, 0.6) is 5.75 Å². The molecule has 94 valence electrons. The van der Waals surface area contributed by atoms with Crippen LogP contribution in [0.25, 0.3) is 0 Å². The van der Waals surface area contributed by atoms with Crippen molar-refractivity contribution in [3.05, 3.63) is 28.2 Å². The van der Waals surface area contributed by atoms with E-state index in [9.17, 15) is 4.79 Å². The lowest BCUT2D eigenvalue weighted by atomic mass is 10.1. The van der Waals surface area contributed by atoms with Crippen LogP contribution in [0.15, 0.2) is 22.7 Å². The number of hydrogen-bond acceptors (Lipinski definition) is 3. The van der Waals surface area contributed by atoms with Crippen molar-refractivity contribution in [2.75, 3.05) is 13.7 Å². The molecule has 0 aliphatic heterocycles. The highest BCUT2D eigenvalue weighted by atomic mass is 79.9. The molecule has 1 N–H and O–H groups in total. The number of carboxylic acids is 1. The number of carboxylic acid groups (broad SMARTS) is 1. The second kappa shape index (κ2) is 5.51. The molecule has 0 unspecified atom stereocenters. The van der Waals surface area contributed by atoms with E-state index < -0.39 is 11.6 Å². The van der Waals surface area contributed by atoms with Gasteiger partial charge in [0.25, 0.3) is 0 Å². The highest BCUT2D eigenvalue weighted by molar-refractivity contribution is 9.10. The van der Waals surface area contributed by atoms with Crippen LogP contribution in [-0.2, 0) is 4.74 Å². The van der Waals surface area contributed by atoms with Gasteiger partial charge in [0.05, 0.1) is 11.2 Å². The molecule has 1 rings (SSSR count). The molecule has 0 spiro atoms. The zero-order chi connectivity index (χ0) is 13.1. The SMILES string of the molecule is COC(C)(C)COc1cc(Br)cc(C(=O)O)c1. The Balaban J connectivity index is 2.81. The highest BCUT2D eigenvalue weighted by Gasteiger charge is 2.17. The van der Waals surface area contributed by atoms with E-state index in [1.54, 1.807) is 13.2 Å². The van der Waals surface area contributed by atoms with E-state index in [2.05, 4.69) is 15.9 Å². The Kier molecular flexibility index (Phi) is 4.54. The molecule has 4 nitrogen and oxygen atoms in total. The first-order valence-electron chi connectivity index (χ1n) is 5.06. The van der Waals surface area contributed by atoms with Gasteiger partial charge in [0.2, 0.25) is 0 Å². The molecule has 0 aliphatic carbocycles. The summed E-state index contributed by atoms with van der Waals surface area (Å²) in [6, 6.07) is 4.73. The van der Waals surface area contributed by atoms with Crippen molar-refractivity contribution in [2.45, 2.75) is 19.4 Å². The molecule has 17 heavy (non-hydrogen) atoms. The molecule has 0 heterocycles. The van der Waals surface area contributed by atoms with Gasteiger partial charge in [-0.1, -0.05) is 15.9 Å². The lowest BCUT2D eigenvalue weighted by Gasteiger charge is -2.23. The predicted octanol–water partition coefficient (Wildman–Crippen LogP) is 2.95. The van der Waals surface area contributed by atoms with Crippen molar-refractivity contribution in [1.82, 2.24) is 0 Å². The third kappa shape index (κ3) is 4.36.